The molecule has 0 saturated carbocycles. The standard InChI is InChI=1S/C18H22ClN3O3S/c1-12-4-9-16(10-17(12)26(24,25)20-3)22-18(23)11-21-13(2)14-5-7-15(19)8-6-14/h4-10,13,20-21H,11H2,1-3H3,(H,22,23)/p+1/t13-/m0/s1. The van der Waals surface area contributed by atoms with Crippen LogP contribution in [0, 0.1) is 6.92 Å². The smallest absolute Gasteiger partial charge is 0.279 e. The number of carbonyl (C=O) groups is 1. The molecule has 0 aliphatic carbocycles. The van der Waals surface area contributed by atoms with Crippen LogP contribution in [0.15, 0.2) is 47.4 Å². The Kier molecular flexibility index (Phi) is 6.77. The van der Waals surface area contributed by atoms with Crippen LogP contribution in [0.3, 0.4) is 0 Å². The van der Waals surface area contributed by atoms with Crippen LogP contribution in [0.2, 0.25) is 5.02 Å². The number of halogens is 1. The zero-order valence-corrected chi connectivity index (χ0v) is 16.5. The van der Waals surface area contributed by atoms with Crippen molar-refractivity contribution >= 4 is 33.2 Å². The van der Waals surface area contributed by atoms with Crippen molar-refractivity contribution in [3.8, 4) is 0 Å². The van der Waals surface area contributed by atoms with E-state index in [1.165, 1.54) is 13.1 Å². The van der Waals surface area contributed by atoms with Gasteiger partial charge in [-0.05, 0) is 50.7 Å². The number of nitrogens with one attached hydrogen (secondary N) is 2. The van der Waals surface area contributed by atoms with Crippen molar-refractivity contribution in [1.82, 2.24) is 4.72 Å². The first-order chi connectivity index (χ1) is 12.2. The molecule has 2 aromatic carbocycles. The fourth-order valence-corrected chi connectivity index (χ4v) is 3.60. The third kappa shape index (κ3) is 5.28. The van der Waals surface area contributed by atoms with Crippen molar-refractivity contribution in [2.45, 2.75) is 24.8 Å². The first-order valence-electron chi connectivity index (χ1n) is 8.16. The largest absolute Gasteiger partial charge is 0.333 e. The van der Waals surface area contributed by atoms with E-state index >= 15 is 0 Å². The Balaban J connectivity index is 1.99. The minimum absolute atomic E-state index is 0.0938. The first-order valence-corrected chi connectivity index (χ1v) is 10.0. The number of hydrogen-bond acceptors (Lipinski definition) is 3. The summed E-state index contributed by atoms with van der Waals surface area (Å²) in [5.41, 5.74) is 2.13. The van der Waals surface area contributed by atoms with Gasteiger partial charge in [0.1, 0.15) is 6.04 Å². The number of rotatable bonds is 7. The van der Waals surface area contributed by atoms with Crippen LogP contribution in [0.4, 0.5) is 5.69 Å². The minimum atomic E-state index is -3.57. The van der Waals surface area contributed by atoms with Gasteiger partial charge in [0.15, 0.2) is 6.54 Å². The molecule has 0 aliphatic heterocycles. The summed E-state index contributed by atoms with van der Waals surface area (Å²) in [4.78, 5) is 12.3. The van der Waals surface area contributed by atoms with Crippen LogP contribution in [-0.2, 0) is 14.8 Å². The van der Waals surface area contributed by atoms with Crippen LogP contribution in [0.5, 0.6) is 0 Å². The van der Waals surface area contributed by atoms with Gasteiger partial charge in [-0.15, -0.1) is 0 Å². The molecule has 0 unspecified atom stereocenters. The predicted molar refractivity (Wildman–Crippen MR) is 103 cm³/mol. The normalized spacial score (nSPS) is 12.6. The molecule has 2 aromatic rings. The van der Waals surface area contributed by atoms with Crippen molar-refractivity contribution in [2.24, 2.45) is 0 Å². The molecule has 4 N–H and O–H groups in total. The average molecular weight is 397 g/mol. The van der Waals surface area contributed by atoms with Gasteiger partial charge in [0.05, 0.1) is 4.90 Å². The lowest BCUT2D eigenvalue weighted by molar-refractivity contribution is -0.682. The molecule has 1 amide bonds. The molecule has 26 heavy (non-hydrogen) atoms. The molecule has 6 nitrogen and oxygen atoms in total. The van der Waals surface area contributed by atoms with Crippen molar-refractivity contribution < 1.29 is 18.5 Å². The molecule has 0 aromatic heterocycles. The van der Waals surface area contributed by atoms with E-state index in [2.05, 4.69) is 10.0 Å². The highest BCUT2D eigenvalue weighted by Gasteiger charge is 2.16. The highest BCUT2D eigenvalue weighted by Crippen LogP contribution is 2.19. The molecule has 8 heteroatoms. The Hall–Kier alpha value is -1.93. The summed E-state index contributed by atoms with van der Waals surface area (Å²) in [7, 11) is -2.22. The number of benzene rings is 2. The number of anilines is 1. The maximum Gasteiger partial charge on any atom is 0.279 e. The third-order valence-corrected chi connectivity index (χ3v) is 5.89. The minimum Gasteiger partial charge on any atom is -0.333 e. The van der Waals surface area contributed by atoms with Gasteiger partial charge in [0, 0.05) is 16.3 Å². The lowest BCUT2D eigenvalue weighted by Crippen LogP contribution is -2.86. The molecule has 0 spiro atoms. The van der Waals surface area contributed by atoms with Crippen molar-refractivity contribution in [1.29, 1.82) is 0 Å². The third-order valence-electron chi connectivity index (χ3n) is 4.08. The van der Waals surface area contributed by atoms with E-state index in [1.54, 1.807) is 19.1 Å². The molecule has 0 bridgehead atoms. The summed E-state index contributed by atoms with van der Waals surface area (Å²) in [5, 5.41) is 5.31. The molecule has 1 atom stereocenters. The fourth-order valence-electron chi connectivity index (χ4n) is 2.48. The number of carbonyl (C=O) groups excluding carboxylic acids is 1. The fraction of sp³-hybridized carbons (Fsp3) is 0.278. The average Bonchev–Trinajstić information content (AvgIpc) is 2.61. The summed E-state index contributed by atoms with van der Waals surface area (Å²) < 4.78 is 26.3. The van der Waals surface area contributed by atoms with E-state index in [9.17, 15) is 13.2 Å². The van der Waals surface area contributed by atoms with Gasteiger partial charge in [-0.2, -0.15) is 0 Å². The molecule has 2 rings (SSSR count). The van der Waals surface area contributed by atoms with E-state index in [0.29, 0.717) is 16.3 Å². The van der Waals surface area contributed by atoms with Crippen LogP contribution >= 0.6 is 11.6 Å². The highest BCUT2D eigenvalue weighted by atomic mass is 35.5. The predicted octanol–water partition coefficient (Wildman–Crippen LogP) is 1.82. The summed E-state index contributed by atoms with van der Waals surface area (Å²) in [6, 6.07) is 12.4. The zero-order valence-electron chi connectivity index (χ0n) is 14.9. The summed E-state index contributed by atoms with van der Waals surface area (Å²) >= 11 is 5.88. The summed E-state index contributed by atoms with van der Waals surface area (Å²) in [6.07, 6.45) is 0. The van der Waals surface area contributed by atoms with E-state index in [1.807, 2.05) is 36.5 Å². The topological polar surface area (TPSA) is 91.9 Å². The Bertz CT molecular complexity index is 883. The molecule has 0 heterocycles. The van der Waals surface area contributed by atoms with Gasteiger partial charge in [-0.25, -0.2) is 13.1 Å². The van der Waals surface area contributed by atoms with Crippen LogP contribution in [0.1, 0.15) is 24.1 Å². The molecule has 0 saturated heterocycles. The number of nitrogens with two attached hydrogens (primary N) is 1. The van der Waals surface area contributed by atoms with Crippen LogP contribution < -0.4 is 15.4 Å². The quantitative estimate of drug-likeness (QED) is 0.666. The van der Waals surface area contributed by atoms with Crippen molar-refractivity contribution in [3.63, 3.8) is 0 Å². The first kappa shape index (κ1) is 20.4. The van der Waals surface area contributed by atoms with Gasteiger partial charge in [-0.1, -0.05) is 29.8 Å². The Morgan fingerprint density at radius 3 is 2.46 bits per heavy atom. The maximum absolute atomic E-state index is 12.2. The van der Waals surface area contributed by atoms with Gasteiger partial charge in [-0.3, -0.25) is 4.79 Å². The lowest BCUT2D eigenvalue weighted by Gasteiger charge is -2.12. The molecular formula is C18H23ClN3O3S+. The lowest BCUT2D eigenvalue weighted by atomic mass is 10.1. The van der Waals surface area contributed by atoms with E-state index in [4.69, 9.17) is 11.6 Å². The summed E-state index contributed by atoms with van der Waals surface area (Å²) in [5.74, 6) is -0.206. The van der Waals surface area contributed by atoms with Crippen molar-refractivity contribution in [3.05, 3.63) is 58.6 Å². The Morgan fingerprint density at radius 2 is 1.85 bits per heavy atom. The van der Waals surface area contributed by atoms with Gasteiger partial charge < -0.3 is 10.6 Å². The van der Waals surface area contributed by atoms with Gasteiger partial charge >= 0.3 is 0 Å². The number of aryl methyl sites for hydroxylation is 1. The van der Waals surface area contributed by atoms with Gasteiger partial charge in [0.2, 0.25) is 10.0 Å². The molecular weight excluding hydrogens is 374 g/mol. The monoisotopic (exact) mass is 396 g/mol. The van der Waals surface area contributed by atoms with Crippen molar-refractivity contribution in [2.75, 3.05) is 18.9 Å². The van der Waals surface area contributed by atoms with E-state index in [0.717, 1.165) is 5.56 Å². The van der Waals surface area contributed by atoms with Crippen LogP contribution in [-0.4, -0.2) is 27.9 Å². The Labute approximate surface area is 159 Å². The number of sulfonamides is 1. The second-order valence-corrected chi connectivity index (χ2v) is 8.31. The van der Waals surface area contributed by atoms with E-state index < -0.39 is 10.0 Å². The van der Waals surface area contributed by atoms with E-state index in [-0.39, 0.29) is 23.4 Å². The molecule has 0 radical (unpaired) electrons. The Morgan fingerprint density at radius 1 is 1.19 bits per heavy atom. The molecule has 0 fully saturated rings. The second kappa shape index (κ2) is 8.64. The SMILES string of the molecule is CNS(=O)(=O)c1cc(NC(=O)C[NH2+][C@@H](C)c2ccc(Cl)cc2)ccc1C. The summed E-state index contributed by atoms with van der Waals surface area (Å²) in [6.45, 7) is 3.92. The number of amides is 1. The number of hydrogen-bond donors (Lipinski definition) is 3. The maximum atomic E-state index is 12.2. The van der Waals surface area contributed by atoms with Crippen LogP contribution in [0.25, 0.3) is 0 Å². The zero-order chi connectivity index (χ0) is 19.3. The molecule has 0 aliphatic rings. The molecule has 140 valence electrons. The second-order valence-electron chi connectivity index (χ2n) is 6.02. The number of quaternary nitrogens is 1. The highest BCUT2D eigenvalue weighted by molar-refractivity contribution is 7.89. The van der Waals surface area contributed by atoms with Gasteiger partial charge in [0.25, 0.3) is 5.91 Å².